The van der Waals surface area contributed by atoms with Crippen molar-refractivity contribution in [3.63, 3.8) is 0 Å². The molecule has 1 unspecified atom stereocenters. The predicted octanol–water partition coefficient (Wildman–Crippen LogP) is 2.75. The van der Waals surface area contributed by atoms with E-state index in [0.29, 0.717) is 5.02 Å². The molecular formula is C10H18ClN3. The lowest BCUT2D eigenvalue weighted by atomic mass is 10.1. The Labute approximate surface area is 90.2 Å². The first-order valence-corrected chi connectivity index (χ1v) is 5.55. The maximum absolute atomic E-state index is 6.05. The molecule has 1 heterocycles. The van der Waals surface area contributed by atoms with Crippen molar-refractivity contribution in [3.05, 3.63) is 16.9 Å². The number of nitrogens with zero attached hydrogens (tertiary/aromatic N) is 2. The Balaban J connectivity index is 2.86. The molecule has 0 saturated carbocycles. The summed E-state index contributed by atoms with van der Waals surface area (Å²) >= 11 is 6.05. The van der Waals surface area contributed by atoms with E-state index in [2.05, 4.69) is 18.9 Å². The minimum absolute atomic E-state index is 0.0153. The molecule has 0 aliphatic carbocycles. The van der Waals surface area contributed by atoms with Crippen molar-refractivity contribution < 1.29 is 0 Å². The van der Waals surface area contributed by atoms with E-state index < -0.39 is 0 Å². The fraction of sp³-hybridized carbons (Fsp3) is 0.700. The topological polar surface area (TPSA) is 43.8 Å². The molecule has 4 heteroatoms. The summed E-state index contributed by atoms with van der Waals surface area (Å²) in [6, 6.07) is 0.0153. The van der Waals surface area contributed by atoms with Crippen molar-refractivity contribution in [2.45, 2.75) is 45.7 Å². The molecule has 0 aliphatic rings. The zero-order chi connectivity index (χ0) is 10.6. The number of hydrogen-bond acceptors (Lipinski definition) is 2. The molecule has 1 atom stereocenters. The number of aromatic nitrogens is 2. The standard InChI is InChI=1S/C10H18ClN3/c1-3-5-9(12)10-8(11)7-13-14(10)6-4-2/h7,9H,3-6,12H2,1-2H3. The second kappa shape index (κ2) is 5.37. The van der Waals surface area contributed by atoms with Gasteiger partial charge in [-0.05, 0) is 12.8 Å². The van der Waals surface area contributed by atoms with Crippen molar-refractivity contribution in [2.24, 2.45) is 5.73 Å². The predicted molar refractivity (Wildman–Crippen MR) is 59.4 cm³/mol. The highest BCUT2D eigenvalue weighted by Crippen LogP contribution is 2.24. The zero-order valence-electron chi connectivity index (χ0n) is 8.83. The number of halogens is 1. The summed E-state index contributed by atoms with van der Waals surface area (Å²) < 4.78 is 1.92. The molecule has 0 aromatic carbocycles. The quantitative estimate of drug-likeness (QED) is 0.821. The van der Waals surface area contributed by atoms with Gasteiger partial charge in [0.25, 0.3) is 0 Å². The number of rotatable bonds is 5. The summed E-state index contributed by atoms with van der Waals surface area (Å²) in [5.41, 5.74) is 7.02. The molecule has 14 heavy (non-hydrogen) atoms. The number of nitrogens with two attached hydrogens (primary N) is 1. The minimum Gasteiger partial charge on any atom is -0.323 e. The van der Waals surface area contributed by atoms with Crippen LogP contribution < -0.4 is 5.73 Å². The van der Waals surface area contributed by atoms with E-state index >= 15 is 0 Å². The Bertz CT molecular complexity index is 283. The van der Waals surface area contributed by atoms with Crippen LogP contribution in [0.2, 0.25) is 5.02 Å². The van der Waals surface area contributed by atoms with Gasteiger partial charge in [0.1, 0.15) is 0 Å². The molecule has 0 saturated heterocycles. The molecule has 0 aliphatic heterocycles. The van der Waals surface area contributed by atoms with Gasteiger partial charge < -0.3 is 5.73 Å². The number of hydrogen-bond donors (Lipinski definition) is 1. The van der Waals surface area contributed by atoms with Crippen LogP contribution in [0.25, 0.3) is 0 Å². The third kappa shape index (κ3) is 2.49. The first kappa shape index (κ1) is 11.5. The van der Waals surface area contributed by atoms with Gasteiger partial charge in [-0.25, -0.2) is 0 Å². The van der Waals surface area contributed by atoms with Gasteiger partial charge in [0, 0.05) is 12.6 Å². The molecule has 3 nitrogen and oxygen atoms in total. The lowest BCUT2D eigenvalue weighted by Gasteiger charge is -2.13. The maximum Gasteiger partial charge on any atom is 0.0834 e. The Morgan fingerprint density at radius 2 is 2.21 bits per heavy atom. The van der Waals surface area contributed by atoms with Crippen LogP contribution in [0.4, 0.5) is 0 Å². The van der Waals surface area contributed by atoms with Crippen molar-refractivity contribution in [1.29, 1.82) is 0 Å². The first-order valence-electron chi connectivity index (χ1n) is 5.17. The minimum atomic E-state index is 0.0153. The van der Waals surface area contributed by atoms with Crippen LogP contribution in [0.15, 0.2) is 6.20 Å². The molecule has 2 N–H and O–H groups in total. The summed E-state index contributed by atoms with van der Waals surface area (Å²) in [4.78, 5) is 0. The van der Waals surface area contributed by atoms with Crippen LogP contribution in [-0.4, -0.2) is 9.78 Å². The van der Waals surface area contributed by atoms with Gasteiger partial charge >= 0.3 is 0 Å². The molecule has 1 rings (SSSR count). The Morgan fingerprint density at radius 1 is 1.50 bits per heavy atom. The van der Waals surface area contributed by atoms with Crippen molar-refractivity contribution in [2.75, 3.05) is 0 Å². The van der Waals surface area contributed by atoms with E-state index in [4.69, 9.17) is 17.3 Å². The van der Waals surface area contributed by atoms with Gasteiger partial charge in [-0.2, -0.15) is 5.10 Å². The van der Waals surface area contributed by atoms with E-state index in [9.17, 15) is 0 Å². The highest BCUT2D eigenvalue weighted by Gasteiger charge is 2.15. The van der Waals surface area contributed by atoms with E-state index in [1.807, 2.05) is 4.68 Å². The van der Waals surface area contributed by atoms with Gasteiger partial charge in [0.15, 0.2) is 0 Å². The largest absolute Gasteiger partial charge is 0.323 e. The molecular weight excluding hydrogens is 198 g/mol. The van der Waals surface area contributed by atoms with E-state index in [1.165, 1.54) is 0 Å². The summed E-state index contributed by atoms with van der Waals surface area (Å²) in [6.07, 6.45) is 4.75. The second-order valence-corrected chi connectivity index (χ2v) is 3.90. The van der Waals surface area contributed by atoms with Gasteiger partial charge in [0.05, 0.1) is 16.9 Å². The molecule has 1 aromatic rings. The molecule has 0 amide bonds. The van der Waals surface area contributed by atoms with Crippen LogP contribution in [0.1, 0.15) is 44.8 Å². The first-order chi connectivity index (χ1) is 6.70. The van der Waals surface area contributed by atoms with Crippen molar-refractivity contribution in [1.82, 2.24) is 9.78 Å². The summed E-state index contributed by atoms with van der Waals surface area (Å²) in [6.45, 7) is 5.12. The summed E-state index contributed by atoms with van der Waals surface area (Å²) in [5, 5.41) is 4.91. The van der Waals surface area contributed by atoms with Gasteiger partial charge in [0.2, 0.25) is 0 Å². The van der Waals surface area contributed by atoms with E-state index in [0.717, 1.165) is 31.5 Å². The molecule has 0 radical (unpaired) electrons. The van der Waals surface area contributed by atoms with Gasteiger partial charge in [-0.3, -0.25) is 4.68 Å². The van der Waals surface area contributed by atoms with Crippen LogP contribution >= 0.6 is 11.6 Å². The highest BCUT2D eigenvalue weighted by atomic mass is 35.5. The van der Waals surface area contributed by atoms with E-state index in [1.54, 1.807) is 6.20 Å². The maximum atomic E-state index is 6.05. The molecule has 0 bridgehead atoms. The zero-order valence-corrected chi connectivity index (χ0v) is 9.59. The molecule has 0 spiro atoms. The smallest absolute Gasteiger partial charge is 0.0834 e. The second-order valence-electron chi connectivity index (χ2n) is 3.50. The van der Waals surface area contributed by atoms with Crippen LogP contribution in [0.3, 0.4) is 0 Å². The molecule has 1 aromatic heterocycles. The summed E-state index contributed by atoms with van der Waals surface area (Å²) in [5.74, 6) is 0. The highest BCUT2D eigenvalue weighted by molar-refractivity contribution is 6.31. The van der Waals surface area contributed by atoms with Gasteiger partial charge in [-0.15, -0.1) is 0 Å². The monoisotopic (exact) mass is 215 g/mol. The average molecular weight is 216 g/mol. The lowest BCUT2D eigenvalue weighted by Crippen LogP contribution is -2.16. The van der Waals surface area contributed by atoms with Crippen molar-refractivity contribution in [3.8, 4) is 0 Å². The van der Waals surface area contributed by atoms with Gasteiger partial charge in [-0.1, -0.05) is 31.9 Å². The third-order valence-corrected chi connectivity index (χ3v) is 2.51. The Hall–Kier alpha value is -0.540. The summed E-state index contributed by atoms with van der Waals surface area (Å²) in [7, 11) is 0. The number of aryl methyl sites for hydroxylation is 1. The van der Waals surface area contributed by atoms with Crippen molar-refractivity contribution >= 4 is 11.6 Å². The SMILES string of the molecule is CCCC(N)c1c(Cl)cnn1CCC. The van der Waals surface area contributed by atoms with Crippen LogP contribution in [0.5, 0.6) is 0 Å². The van der Waals surface area contributed by atoms with Crippen LogP contribution in [0, 0.1) is 0 Å². The normalized spacial score (nSPS) is 13.1. The van der Waals surface area contributed by atoms with E-state index in [-0.39, 0.29) is 6.04 Å². The molecule has 80 valence electrons. The third-order valence-electron chi connectivity index (χ3n) is 2.22. The lowest BCUT2D eigenvalue weighted by molar-refractivity contribution is 0.520. The molecule has 0 fully saturated rings. The Kier molecular flexibility index (Phi) is 4.42. The Morgan fingerprint density at radius 3 is 2.79 bits per heavy atom. The average Bonchev–Trinajstić information content (AvgIpc) is 2.48. The fourth-order valence-electron chi connectivity index (χ4n) is 1.58. The van der Waals surface area contributed by atoms with Crippen LogP contribution in [-0.2, 0) is 6.54 Å². The fourth-order valence-corrected chi connectivity index (χ4v) is 1.86.